The molecule has 0 bridgehead atoms. The number of carboxylic acid groups (broad SMARTS) is 1. The lowest BCUT2D eigenvalue weighted by Crippen LogP contribution is -2.37. The lowest BCUT2D eigenvalue weighted by molar-refractivity contribution is -0.148. The molecular formula is C10H20O4. The van der Waals surface area contributed by atoms with Gasteiger partial charge in [0, 0.05) is 0 Å². The molecule has 4 heteroatoms. The van der Waals surface area contributed by atoms with E-state index in [2.05, 4.69) is 0 Å². The van der Waals surface area contributed by atoms with Crippen LogP contribution >= 0.6 is 0 Å². The standard InChI is InChI=1S/C10H20O4/c1-9(2,8(12)13)6-5-7(11)10(3,4)14/h7,11,14H,5-6H2,1-4H3,(H,12,13). The van der Waals surface area contributed by atoms with E-state index in [-0.39, 0.29) is 6.42 Å². The minimum absolute atomic E-state index is 0.281. The lowest BCUT2D eigenvalue weighted by atomic mass is 9.84. The molecule has 3 N–H and O–H groups in total. The van der Waals surface area contributed by atoms with Crippen LogP contribution in [0.5, 0.6) is 0 Å². The number of hydrogen-bond acceptors (Lipinski definition) is 3. The molecular weight excluding hydrogens is 184 g/mol. The minimum Gasteiger partial charge on any atom is -0.481 e. The Morgan fingerprint density at radius 1 is 1.29 bits per heavy atom. The first kappa shape index (κ1) is 13.4. The normalized spacial score (nSPS) is 15.3. The molecule has 0 fully saturated rings. The highest BCUT2D eigenvalue weighted by Gasteiger charge is 2.31. The Balaban J connectivity index is 4.13. The Bertz CT molecular complexity index is 203. The molecule has 0 aliphatic rings. The van der Waals surface area contributed by atoms with Gasteiger partial charge in [-0.05, 0) is 40.5 Å². The number of rotatable bonds is 5. The summed E-state index contributed by atoms with van der Waals surface area (Å²) in [5.41, 5.74) is -2.03. The van der Waals surface area contributed by atoms with Crippen LogP contribution in [-0.2, 0) is 4.79 Å². The number of hydrogen-bond donors (Lipinski definition) is 3. The maximum absolute atomic E-state index is 10.7. The zero-order chi connectivity index (χ0) is 11.6. The first-order chi connectivity index (χ1) is 6.07. The van der Waals surface area contributed by atoms with E-state index in [1.165, 1.54) is 13.8 Å². The number of carbonyl (C=O) groups is 1. The topological polar surface area (TPSA) is 77.8 Å². The van der Waals surface area contributed by atoms with E-state index < -0.39 is 23.1 Å². The van der Waals surface area contributed by atoms with Crippen LogP contribution in [-0.4, -0.2) is 33.0 Å². The van der Waals surface area contributed by atoms with Gasteiger partial charge in [0.2, 0.25) is 0 Å². The molecule has 0 aromatic heterocycles. The zero-order valence-electron chi connectivity index (χ0n) is 9.24. The largest absolute Gasteiger partial charge is 0.481 e. The molecule has 0 rings (SSSR count). The monoisotopic (exact) mass is 204 g/mol. The van der Waals surface area contributed by atoms with Crippen molar-refractivity contribution < 1.29 is 20.1 Å². The average molecular weight is 204 g/mol. The predicted molar refractivity (Wildman–Crippen MR) is 53.0 cm³/mol. The summed E-state index contributed by atoms with van der Waals surface area (Å²) in [5, 5.41) is 27.7. The second-order valence-corrected chi connectivity index (χ2v) is 4.90. The molecule has 0 spiro atoms. The fraction of sp³-hybridized carbons (Fsp3) is 0.900. The van der Waals surface area contributed by atoms with Crippen LogP contribution in [0.1, 0.15) is 40.5 Å². The summed E-state index contributed by atoms with van der Waals surface area (Å²) in [4.78, 5) is 10.7. The molecule has 0 aromatic rings. The van der Waals surface area contributed by atoms with E-state index in [9.17, 15) is 15.0 Å². The molecule has 0 radical (unpaired) electrons. The van der Waals surface area contributed by atoms with Crippen molar-refractivity contribution in [1.29, 1.82) is 0 Å². The molecule has 0 aliphatic carbocycles. The van der Waals surface area contributed by atoms with Crippen LogP contribution in [0, 0.1) is 5.41 Å². The van der Waals surface area contributed by atoms with Crippen LogP contribution in [0.3, 0.4) is 0 Å². The molecule has 0 aromatic carbocycles. The van der Waals surface area contributed by atoms with Crippen molar-refractivity contribution in [3.63, 3.8) is 0 Å². The van der Waals surface area contributed by atoms with Crippen molar-refractivity contribution in [1.82, 2.24) is 0 Å². The molecule has 14 heavy (non-hydrogen) atoms. The van der Waals surface area contributed by atoms with Gasteiger partial charge in [0.25, 0.3) is 0 Å². The Labute approximate surface area is 84.6 Å². The van der Waals surface area contributed by atoms with Crippen molar-refractivity contribution in [3.05, 3.63) is 0 Å². The number of aliphatic carboxylic acids is 1. The highest BCUT2D eigenvalue weighted by Crippen LogP contribution is 2.25. The van der Waals surface area contributed by atoms with E-state index in [0.29, 0.717) is 6.42 Å². The Morgan fingerprint density at radius 3 is 2.00 bits per heavy atom. The van der Waals surface area contributed by atoms with E-state index in [1.807, 2.05) is 0 Å². The summed E-state index contributed by atoms with van der Waals surface area (Å²) in [6, 6.07) is 0. The molecule has 1 unspecified atom stereocenters. The highest BCUT2D eigenvalue weighted by atomic mass is 16.4. The first-order valence-electron chi connectivity index (χ1n) is 4.71. The Hall–Kier alpha value is -0.610. The van der Waals surface area contributed by atoms with E-state index in [4.69, 9.17) is 5.11 Å². The summed E-state index contributed by atoms with van der Waals surface area (Å²) in [7, 11) is 0. The van der Waals surface area contributed by atoms with Crippen molar-refractivity contribution in [2.45, 2.75) is 52.2 Å². The summed E-state index contributed by atoms with van der Waals surface area (Å²) in [6.45, 7) is 6.22. The van der Waals surface area contributed by atoms with Gasteiger partial charge < -0.3 is 15.3 Å². The van der Waals surface area contributed by atoms with Crippen LogP contribution in [0.25, 0.3) is 0 Å². The van der Waals surface area contributed by atoms with Crippen LogP contribution in [0.2, 0.25) is 0 Å². The highest BCUT2D eigenvalue weighted by molar-refractivity contribution is 5.73. The minimum atomic E-state index is -1.17. The average Bonchev–Trinajstić information content (AvgIpc) is 1.98. The SMILES string of the molecule is CC(C)(CCC(O)C(C)(C)O)C(=O)O. The molecule has 1 atom stereocenters. The zero-order valence-corrected chi connectivity index (χ0v) is 9.24. The predicted octanol–water partition coefficient (Wildman–Crippen LogP) is 1.01. The third-order valence-electron chi connectivity index (χ3n) is 2.44. The second kappa shape index (κ2) is 4.28. The Morgan fingerprint density at radius 2 is 1.71 bits per heavy atom. The fourth-order valence-electron chi connectivity index (χ4n) is 0.958. The van der Waals surface area contributed by atoms with Crippen molar-refractivity contribution in [3.8, 4) is 0 Å². The first-order valence-corrected chi connectivity index (χ1v) is 4.71. The van der Waals surface area contributed by atoms with Gasteiger partial charge in [-0.25, -0.2) is 0 Å². The summed E-state index contributed by atoms with van der Waals surface area (Å²) < 4.78 is 0. The fourth-order valence-corrected chi connectivity index (χ4v) is 0.958. The van der Waals surface area contributed by atoms with E-state index in [1.54, 1.807) is 13.8 Å². The number of aliphatic hydroxyl groups excluding tert-OH is 1. The molecule has 0 saturated carbocycles. The van der Waals surface area contributed by atoms with Crippen LogP contribution in [0.15, 0.2) is 0 Å². The molecule has 4 nitrogen and oxygen atoms in total. The van der Waals surface area contributed by atoms with Crippen LogP contribution in [0.4, 0.5) is 0 Å². The van der Waals surface area contributed by atoms with Crippen molar-refractivity contribution in [2.75, 3.05) is 0 Å². The van der Waals surface area contributed by atoms with Gasteiger partial charge in [-0.3, -0.25) is 4.79 Å². The summed E-state index contributed by atoms with van der Waals surface area (Å²) in [6.07, 6.45) is -0.267. The van der Waals surface area contributed by atoms with Crippen molar-refractivity contribution in [2.24, 2.45) is 5.41 Å². The van der Waals surface area contributed by atoms with Gasteiger partial charge in [0.15, 0.2) is 0 Å². The summed E-state index contributed by atoms with van der Waals surface area (Å²) in [5.74, 6) is -0.888. The van der Waals surface area contributed by atoms with Gasteiger partial charge in [-0.15, -0.1) is 0 Å². The molecule has 84 valence electrons. The maximum Gasteiger partial charge on any atom is 0.309 e. The Kier molecular flexibility index (Phi) is 4.09. The van der Waals surface area contributed by atoms with E-state index >= 15 is 0 Å². The van der Waals surface area contributed by atoms with Gasteiger partial charge in [0.05, 0.1) is 17.1 Å². The smallest absolute Gasteiger partial charge is 0.309 e. The maximum atomic E-state index is 10.7. The number of carboxylic acids is 1. The third-order valence-corrected chi connectivity index (χ3v) is 2.44. The lowest BCUT2D eigenvalue weighted by Gasteiger charge is -2.27. The van der Waals surface area contributed by atoms with Gasteiger partial charge in [0.1, 0.15) is 0 Å². The number of aliphatic hydroxyl groups is 2. The summed E-state index contributed by atoms with van der Waals surface area (Å²) >= 11 is 0. The molecule has 0 aliphatic heterocycles. The van der Waals surface area contributed by atoms with Crippen molar-refractivity contribution >= 4 is 5.97 Å². The van der Waals surface area contributed by atoms with Gasteiger partial charge in [-0.1, -0.05) is 0 Å². The molecule has 0 saturated heterocycles. The van der Waals surface area contributed by atoms with Gasteiger partial charge in [-0.2, -0.15) is 0 Å². The molecule has 0 heterocycles. The third kappa shape index (κ3) is 4.07. The van der Waals surface area contributed by atoms with E-state index in [0.717, 1.165) is 0 Å². The second-order valence-electron chi connectivity index (χ2n) is 4.90. The quantitative estimate of drug-likeness (QED) is 0.624. The van der Waals surface area contributed by atoms with Gasteiger partial charge >= 0.3 is 5.97 Å². The van der Waals surface area contributed by atoms with Crippen LogP contribution < -0.4 is 0 Å². The molecule has 0 amide bonds.